The first kappa shape index (κ1) is 11.6. The average molecular weight is 191 g/mol. The summed E-state index contributed by atoms with van der Waals surface area (Å²) in [5.41, 5.74) is -0.414. The van der Waals surface area contributed by atoms with Crippen molar-refractivity contribution in [2.45, 2.75) is 40.2 Å². The molecule has 0 aromatic rings. The third-order valence-electron chi connectivity index (χ3n) is 1.27. The van der Waals surface area contributed by atoms with E-state index in [1.807, 2.05) is 20.8 Å². The largest absolute Gasteiger partial charge is 0.236 e. The minimum absolute atomic E-state index is 0.359. The number of rotatable bonds is 2. The van der Waals surface area contributed by atoms with Crippen molar-refractivity contribution >= 4 is 10.0 Å². The van der Waals surface area contributed by atoms with Gasteiger partial charge < -0.3 is 0 Å². The molecule has 0 saturated carbocycles. The van der Waals surface area contributed by atoms with E-state index >= 15 is 0 Å². The summed E-state index contributed by atoms with van der Waals surface area (Å²) in [6.07, 6.45) is 1.58. The third kappa shape index (κ3) is 3.88. The van der Waals surface area contributed by atoms with Crippen LogP contribution in [0.1, 0.15) is 34.6 Å². The second-order valence-electron chi connectivity index (χ2n) is 3.75. The van der Waals surface area contributed by atoms with Crippen molar-refractivity contribution in [3.05, 3.63) is 11.0 Å². The van der Waals surface area contributed by atoms with Gasteiger partial charge in [-0.2, -0.15) is 0 Å². The molecular weight excluding hydrogens is 174 g/mol. The molecule has 0 aromatic carbocycles. The third-order valence-corrected chi connectivity index (χ3v) is 3.24. The summed E-state index contributed by atoms with van der Waals surface area (Å²) in [7, 11) is -3.26. The lowest BCUT2D eigenvalue weighted by molar-refractivity contribution is 0.495. The Morgan fingerprint density at radius 2 is 1.75 bits per heavy atom. The van der Waals surface area contributed by atoms with E-state index in [-0.39, 0.29) is 0 Å². The molecule has 0 fully saturated rings. The van der Waals surface area contributed by atoms with Gasteiger partial charge in [-0.25, -0.2) is 13.1 Å². The van der Waals surface area contributed by atoms with Crippen molar-refractivity contribution < 1.29 is 8.42 Å². The molecule has 0 radical (unpaired) electrons. The summed E-state index contributed by atoms with van der Waals surface area (Å²) in [5.74, 6) is 0. The van der Waals surface area contributed by atoms with Crippen LogP contribution < -0.4 is 4.72 Å². The minimum atomic E-state index is -3.26. The molecular formula is C8H17NO2S. The topological polar surface area (TPSA) is 46.2 Å². The van der Waals surface area contributed by atoms with Gasteiger partial charge in [0.15, 0.2) is 0 Å². The lowest BCUT2D eigenvalue weighted by Crippen LogP contribution is -2.40. The highest BCUT2D eigenvalue weighted by molar-refractivity contribution is 7.93. The van der Waals surface area contributed by atoms with Crippen LogP contribution in [0.5, 0.6) is 0 Å². The van der Waals surface area contributed by atoms with E-state index in [0.29, 0.717) is 4.91 Å². The first-order chi connectivity index (χ1) is 5.19. The molecule has 3 nitrogen and oxygen atoms in total. The van der Waals surface area contributed by atoms with Gasteiger partial charge in [-0.1, -0.05) is 6.08 Å². The van der Waals surface area contributed by atoms with Crippen molar-refractivity contribution in [3.63, 3.8) is 0 Å². The van der Waals surface area contributed by atoms with Crippen LogP contribution in [0.4, 0.5) is 0 Å². The van der Waals surface area contributed by atoms with Gasteiger partial charge in [-0.15, -0.1) is 0 Å². The molecule has 0 rings (SSSR count). The molecule has 0 bridgehead atoms. The fourth-order valence-electron chi connectivity index (χ4n) is 0.639. The predicted molar refractivity (Wildman–Crippen MR) is 51.2 cm³/mol. The highest BCUT2D eigenvalue weighted by Gasteiger charge is 2.20. The lowest BCUT2D eigenvalue weighted by atomic mass is 10.1. The Bertz CT molecular complexity index is 270. The Hall–Kier alpha value is -0.350. The van der Waals surface area contributed by atoms with E-state index in [9.17, 15) is 8.42 Å². The first-order valence-electron chi connectivity index (χ1n) is 3.86. The molecule has 0 heterocycles. The van der Waals surface area contributed by atoms with Crippen molar-refractivity contribution in [1.82, 2.24) is 4.72 Å². The number of sulfonamides is 1. The molecule has 4 heteroatoms. The molecule has 12 heavy (non-hydrogen) atoms. The normalized spacial score (nSPS) is 14.9. The van der Waals surface area contributed by atoms with Crippen LogP contribution in [0.3, 0.4) is 0 Å². The van der Waals surface area contributed by atoms with Crippen LogP contribution in [-0.2, 0) is 10.0 Å². The predicted octanol–water partition coefficient (Wildman–Crippen LogP) is 1.63. The monoisotopic (exact) mass is 191 g/mol. The molecule has 0 unspecified atom stereocenters. The maximum Gasteiger partial charge on any atom is 0.236 e. The number of allylic oxidation sites excluding steroid dienone is 2. The van der Waals surface area contributed by atoms with E-state index in [1.165, 1.54) is 0 Å². The maximum absolute atomic E-state index is 11.4. The van der Waals surface area contributed by atoms with E-state index < -0.39 is 15.6 Å². The number of nitrogens with one attached hydrogen (secondary N) is 1. The van der Waals surface area contributed by atoms with Gasteiger partial charge in [-0.05, 0) is 34.6 Å². The van der Waals surface area contributed by atoms with Gasteiger partial charge in [0.25, 0.3) is 0 Å². The summed E-state index contributed by atoms with van der Waals surface area (Å²) in [6.45, 7) is 8.72. The molecule has 1 N–H and O–H groups in total. The van der Waals surface area contributed by atoms with E-state index in [1.54, 1.807) is 19.9 Å². The Balaban J connectivity index is 4.70. The summed E-state index contributed by atoms with van der Waals surface area (Å²) in [4.78, 5) is 0.359. The first-order valence-corrected chi connectivity index (χ1v) is 5.34. The second kappa shape index (κ2) is 3.58. The summed E-state index contributed by atoms with van der Waals surface area (Å²) in [6, 6.07) is 0. The van der Waals surface area contributed by atoms with Crippen LogP contribution >= 0.6 is 0 Å². The van der Waals surface area contributed by atoms with Gasteiger partial charge in [0, 0.05) is 5.54 Å². The van der Waals surface area contributed by atoms with Crippen LogP contribution in [0, 0.1) is 0 Å². The minimum Gasteiger partial charge on any atom is -0.207 e. The molecule has 0 saturated heterocycles. The van der Waals surface area contributed by atoms with Crippen molar-refractivity contribution in [2.75, 3.05) is 0 Å². The second-order valence-corrected chi connectivity index (χ2v) is 5.61. The zero-order valence-electron chi connectivity index (χ0n) is 8.30. The lowest BCUT2D eigenvalue weighted by Gasteiger charge is -2.20. The fourth-order valence-corrected chi connectivity index (χ4v) is 1.92. The van der Waals surface area contributed by atoms with E-state index in [2.05, 4.69) is 4.72 Å². The van der Waals surface area contributed by atoms with Crippen molar-refractivity contribution in [1.29, 1.82) is 0 Å². The van der Waals surface area contributed by atoms with Crippen molar-refractivity contribution in [3.8, 4) is 0 Å². The molecule has 0 aliphatic rings. The summed E-state index contributed by atoms with van der Waals surface area (Å²) < 4.78 is 25.3. The van der Waals surface area contributed by atoms with Crippen molar-refractivity contribution in [2.24, 2.45) is 0 Å². The highest BCUT2D eigenvalue weighted by atomic mass is 32.2. The smallest absolute Gasteiger partial charge is 0.207 e. The zero-order valence-corrected chi connectivity index (χ0v) is 9.12. The Labute approximate surface area is 74.9 Å². The summed E-state index contributed by atoms with van der Waals surface area (Å²) >= 11 is 0. The molecule has 0 spiro atoms. The molecule has 0 aromatic heterocycles. The zero-order chi connectivity index (χ0) is 9.99. The van der Waals surface area contributed by atoms with Gasteiger partial charge in [-0.3, -0.25) is 0 Å². The maximum atomic E-state index is 11.4. The SMILES string of the molecule is CC=C(C)S(=O)(=O)NC(C)(C)C. The van der Waals surface area contributed by atoms with Gasteiger partial charge in [0.1, 0.15) is 0 Å². The van der Waals surface area contributed by atoms with Crippen LogP contribution in [0.25, 0.3) is 0 Å². The Kier molecular flexibility index (Phi) is 3.47. The fraction of sp³-hybridized carbons (Fsp3) is 0.750. The Morgan fingerprint density at radius 3 is 2.00 bits per heavy atom. The molecule has 72 valence electrons. The number of hydrogen-bond donors (Lipinski definition) is 1. The van der Waals surface area contributed by atoms with Gasteiger partial charge >= 0.3 is 0 Å². The number of hydrogen-bond acceptors (Lipinski definition) is 2. The summed E-state index contributed by atoms with van der Waals surface area (Å²) in [5, 5.41) is 0. The van der Waals surface area contributed by atoms with Crippen LogP contribution in [-0.4, -0.2) is 14.0 Å². The van der Waals surface area contributed by atoms with E-state index in [4.69, 9.17) is 0 Å². The van der Waals surface area contributed by atoms with Gasteiger partial charge in [0.2, 0.25) is 10.0 Å². The highest BCUT2D eigenvalue weighted by Crippen LogP contribution is 2.08. The molecule has 0 amide bonds. The quantitative estimate of drug-likeness (QED) is 0.721. The van der Waals surface area contributed by atoms with Crippen LogP contribution in [0.2, 0.25) is 0 Å². The van der Waals surface area contributed by atoms with E-state index in [0.717, 1.165) is 0 Å². The average Bonchev–Trinajstić information content (AvgIpc) is 1.80. The van der Waals surface area contributed by atoms with Crippen LogP contribution in [0.15, 0.2) is 11.0 Å². The standard InChI is InChI=1S/C8H17NO2S/c1-6-7(2)12(10,11)9-8(3,4)5/h6,9H,1-5H3. The Morgan fingerprint density at radius 1 is 1.33 bits per heavy atom. The molecule has 0 aliphatic carbocycles. The van der Waals surface area contributed by atoms with Gasteiger partial charge in [0.05, 0.1) is 4.91 Å². The molecule has 0 atom stereocenters. The molecule has 0 aliphatic heterocycles.